The molecule has 1 aromatic rings. The number of nitrogens with zero attached hydrogens (tertiary/aromatic N) is 1. The summed E-state index contributed by atoms with van der Waals surface area (Å²) >= 11 is 5.93. The van der Waals surface area contributed by atoms with Crippen molar-refractivity contribution in [2.24, 2.45) is 11.8 Å². The summed E-state index contributed by atoms with van der Waals surface area (Å²) in [6.45, 7) is 2.82. The minimum absolute atomic E-state index is 0.00429. The maximum absolute atomic E-state index is 12.0. The molecule has 2 aliphatic rings. The van der Waals surface area contributed by atoms with E-state index < -0.39 is 0 Å². The van der Waals surface area contributed by atoms with Crippen LogP contribution < -0.4 is 5.32 Å². The van der Waals surface area contributed by atoms with Gasteiger partial charge in [-0.3, -0.25) is 14.5 Å². The van der Waals surface area contributed by atoms with E-state index >= 15 is 0 Å². The highest BCUT2D eigenvalue weighted by Gasteiger charge is 2.44. The van der Waals surface area contributed by atoms with Gasteiger partial charge < -0.3 is 10.1 Å². The van der Waals surface area contributed by atoms with Crippen molar-refractivity contribution in [3.8, 4) is 0 Å². The number of carbonyl (C=O) groups is 2. The minimum atomic E-state index is -0.117. The first-order chi connectivity index (χ1) is 10.6. The van der Waals surface area contributed by atoms with Gasteiger partial charge in [0.2, 0.25) is 5.91 Å². The van der Waals surface area contributed by atoms with Gasteiger partial charge in [-0.1, -0.05) is 23.7 Å². The molecule has 0 spiro atoms. The first kappa shape index (κ1) is 15.3. The van der Waals surface area contributed by atoms with Gasteiger partial charge >= 0.3 is 5.97 Å². The Morgan fingerprint density at radius 1 is 1.41 bits per heavy atom. The first-order valence-corrected chi connectivity index (χ1v) is 7.90. The summed E-state index contributed by atoms with van der Waals surface area (Å²) < 4.78 is 5.02. The highest BCUT2D eigenvalue weighted by molar-refractivity contribution is 6.30. The van der Waals surface area contributed by atoms with E-state index in [1.165, 1.54) is 0 Å². The SMILES string of the molecule is O=C(CN1C[C@@H]2COC(=O)[C@@H]2C1)NCCc1cccc(Cl)c1. The lowest BCUT2D eigenvalue weighted by atomic mass is 10.0. The van der Waals surface area contributed by atoms with Gasteiger partial charge in [0.15, 0.2) is 0 Å². The molecule has 3 rings (SSSR count). The third-order valence-corrected chi connectivity index (χ3v) is 4.49. The number of hydrogen-bond acceptors (Lipinski definition) is 4. The average Bonchev–Trinajstić information content (AvgIpc) is 3.01. The zero-order valence-corrected chi connectivity index (χ0v) is 13.0. The van der Waals surface area contributed by atoms with Crippen LogP contribution in [0.25, 0.3) is 0 Å². The monoisotopic (exact) mass is 322 g/mol. The second-order valence-corrected chi connectivity index (χ2v) is 6.36. The molecule has 2 heterocycles. The number of cyclic esters (lactones) is 1. The smallest absolute Gasteiger partial charge is 0.310 e. The molecule has 2 aliphatic heterocycles. The van der Waals surface area contributed by atoms with Crippen LogP contribution in [0.3, 0.4) is 0 Å². The highest BCUT2D eigenvalue weighted by Crippen LogP contribution is 2.29. The van der Waals surface area contributed by atoms with Crippen LogP contribution >= 0.6 is 11.6 Å². The number of nitrogens with one attached hydrogen (secondary N) is 1. The standard InChI is InChI=1S/C16H19ClN2O3/c17-13-3-1-2-11(6-13)4-5-18-15(20)9-19-7-12-10-22-16(21)14(12)8-19/h1-3,6,12,14H,4-5,7-10H2,(H,18,20)/t12-,14-/m1/s1. The Morgan fingerprint density at radius 2 is 2.27 bits per heavy atom. The predicted molar refractivity (Wildman–Crippen MR) is 82.5 cm³/mol. The maximum atomic E-state index is 12.0. The molecule has 1 aromatic carbocycles. The van der Waals surface area contributed by atoms with Gasteiger partial charge in [-0.2, -0.15) is 0 Å². The first-order valence-electron chi connectivity index (χ1n) is 7.52. The molecule has 0 aromatic heterocycles. The fourth-order valence-electron chi connectivity index (χ4n) is 3.12. The van der Waals surface area contributed by atoms with E-state index in [0.717, 1.165) is 18.5 Å². The summed E-state index contributed by atoms with van der Waals surface area (Å²) in [4.78, 5) is 25.5. The van der Waals surface area contributed by atoms with Crippen LogP contribution in [0.1, 0.15) is 5.56 Å². The Balaban J connectivity index is 1.39. The third kappa shape index (κ3) is 3.59. The van der Waals surface area contributed by atoms with Crippen molar-refractivity contribution in [1.29, 1.82) is 0 Å². The van der Waals surface area contributed by atoms with Crippen molar-refractivity contribution in [2.75, 3.05) is 32.8 Å². The van der Waals surface area contributed by atoms with Gasteiger partial charge in [-0.15, -0.1) is 0 Å². The van der Waals surface area contributed by atoms with E-state index in [0.29, 0.717) is 31.3 Å². The van der Waals surface area contributed by atoms with Gasteiger partial charge in [-0.25, -0.2) is 0 Å². The summed E-state index contributed by atoms with van der Waals surface area (Å²) in [5, 5.41) is 3.62. The largest absolute Gasteiger partial charge is 0.465 e. The molecule has 1 amide bonds. The highest BCUT2D eigenvalue weighted by atomic mass is 35.5. The van der Waals surface area contributed by atoms with Gasteiger partial charge in [0.05, 0.1) is 19.1 Å². The lowest BCUT2D eigenvalue weighted by Crippen LogP contribution is -2.37. The average molecular weight is 323 g/mol. The summed E-state index contributed by atoms with van der Waals surface area (Å²) in [5.74, 6) is 0.0928. The fraction of sp³-hybridized carbons (Fsp3) is 0.500. The Bertz CT molecular complexity index is 578. The van der Waals surface area contributed by atoms with Gasteiger partial charge in [0, 0.05) is 30.6 Å². The summed E-state index contributed by atoms with van der Waals surface area (Å²) in [7, 11) is 0. The van der Waals surface area contributed by atoms with Gasteiger partial charge in [0.1, 0.15) is 0 Å². The molecule has 22 heavy (non-hydrogen) atoms. The zero-order valence-electron chi connectivity index (χ0n) is 12.3. The van der Waals surface area contributed by atoms with Crippen LogP contribution in [-0.4, -0.2) is 49.6 Å². The summed E-state index contributed by atoms with van der Waals surface area (Å²) in [6.07, 6.45) is 0.754. The van der Waals surface area contributed by atoms with Crippen LogP contribution in [0.15, 0.2) is 24.3 Å². The van der Waals surface area contributed by atoms with Crippen molar-refractivity contribution in [3.05, 3.63) is 34.9 Å². The molecule has 0 saturated carbocycles. The van der Waals surface area contributed by atoms with Gasteiger partial charge in [0.25, 0.3) is 0 Å². The molecule has 2 fully saturated rings. The predicted octanol–water partition coefficient (Wildman–Crippen LogP) is 1.10. The molecule has 2 atom stereocenters. The van der Waals surface area contributed by atoms with E-state index in [2.05, 4.69) is 5.32 Å². The molecule has 5 nitrogen and oxygen atoms in total. The van der Waals surface area contributed by atoms with Crippen molar-refractivity contribution in [1.82, 2.24) is 10.2 Å². The maximum Gasteiger partial charge on any atom is 0.310 e. The number of likely N-dealkylation sites (tertiary alicyclic amines) is 1. The number of rotatable bonds is 5. The number of esters is 1. The minimum Gasteiger partial charge on any atom is -0.465 e. The summed E-state index contributed by atoms with van der Waals surface area (Å²) in [5.41, 5.74) is 1.10. The Hall–Kier alpha value is -1.59. The number of ether oxygens (including phenoxy) is 1. The Morgan fingerprint density at radius 3 is 3.05 bits per heavy atom. The molecule has 0 radical (unpaired) electrons. The second kappa shape index (κ2) is 6.67. The second-order valence-electron chi connectivity index (χ2n) is 5.92. The van der Waals surface area contributed by atoms with Crippen LogP contribution in [-0.2, 0) is 20.7 Å². The number of hydrogen-bond donors (Lipinski definition) is 1. The van der Waals surface area contributed by atoms with E-state index in [-0.39, 0.29) is 23.7 Å². The summed E-state index contributed by atoms with van der Waals surface area (Å²) in [6, 6.07) is 7.63. The Kier molecular flexibility index (Phi) is 4.64. The fourth-order valence-corrected chi connectivity index (χ4v) is 3.33. The topological polar surface area (TPSA) is 58.6 Å². The van der Waals surface area contributed by atoms with Crippen LogP contribution in [0, 0.1) is 11.8 Å². The van der Waals surface area contributed by atoms with Crippen molar-refractivity contribution < 1.29 is 14.3 Å². The van der Waals surface area contributed by atoms with E-state index in [1.807, 2.05) is 29.2 Å². The quantitative estimate of drug-likeness (QED) is 0.825. The Labute approximate surface area is 134 Å². The number of fused-ring (bicyclic) bond motifs is 1. The third-order valence-electron chi connectivity index (χ3n) is 4.25. The lowest BCUT2D eigenvalue weighted by molar-refractivity contribution is -0.141. The normalized spacial score (nSPS) is 24.1. The molecule has 0 bridgehead atoms. The van der Waals surface area contributed by atoms with E-state index in [4.69, 9.17) is 16.3 Å². The van der Waals surface area contributed by atoms with Crippen LogP contribution in [0.4, 0.5) is 0 Å². The lowest BCUT2D eigenvalue weighted by Gasteiger charge is -2.16. The molecule has 118 valence electrons. The van der Waals surface area contributed by atoms with E-state index in [1.54, 1.807) is 0 Å². The van der Waals surface area contributed by atoms with Crippen LogP contribution in [0.2, 0.25) is 5.02 Å². The molecule has 0 unspecified atom stereocenters. The zero-order chi connectivity index (χ0) is 15.5. The van der Waals surface area contributed by atoms with Crippen molar-refractivity contribution in [3.63, 3.8) is 0 Å². The van der Waals surface area contributed by atoms with Gasteiger partial charge in [-0.05, 0) is 24.1 Å². The molecule has 1 N–H and O–H groups in total. The number of halogens is 1. The molecule has 2 saturated heterocycles. The molecular weight excluding hydrogens is 304 g/mol. The number of carbonyl (C=O) groups excluding carboxylic acids is 2. The van der Waals surface area contributed by atoms with E-state index in [9.17, 15) is 9.59 Å². The molecular formula is C16H19ClN2O3. The molecule has 6 heteroatoms. The number of amides is 1. The van der Waals surface area contributed by atoms with Crippen molar-refractivity contribution in [2.45, 2.75) is 6.42 Å². The number of benzene rings is 1. The van der Waals surface area contributed by atoms with Crippen LogP contribution in [0.5, 0.6) is 0 Å². The van der Waals surface area contributed by atoms with Crippen molar-refractivity contribution >= 4 is 23.5 Å². The molecule has 0 aliphatic carbocycles.